The Morgan fingerprint density at radius 2 is 1.69 bits per heavy atom. The van der Waals surface area contributed by atoms with E-state index in [1.807, 2.05) is 31.2 Å². The predicted octanol–water partition coefficient (Wildman–Crippen LogP) is 2.84. The quantitative estimate of drug-likeness (QED) is 0.159. The Morgan fingerprint density at radius 1 is 0.964 bits per heavy atom. The summed E-state index contributed by atoms with van der Waals surface area (Å²) in [5.74, 6) is -3.24. The van der Waals surface area contributed by atoms with E-state index in [4.69, 9.17) is 0 Å². The van der Waals surface area contributed by atoms with Gasteiger partial charge >= 0.3 is 0 Å². The Bertz CT molecular complexity index is 1780. The molecule has 1 aromatic carbocycles. The van der Waals surface area contributed by atoms with Crippen molar-refractivity contribution < 1.29 is 28.8 Å². The minimum atomic E-state index is -1.01. The lowest BCUT2D eigenvalue weighted by Crippen LogP contribution is -2.62. The molecular formula is C42H53N7O6. The van der Waals surface area contributed by atoms with Crippen LogP contribution in [0.4, 0.5) is 0 Å². The van der Waals surface area contributed by atoms with E-state index in [1.165, 1.54) is 24.7 Å². The normalized spacial score (nSPS) is 24.2. The molecule has 55 heavy (non-hydrogen) atoms. The second-order valence-electron chi connectivity index (χ2n) is 16.7. The van der Waals surface area contributed by atoms with Gasteiger partial charge in [0.25, 0.3) is 11.8 Å². The summed E-state index contributed by atoms with van der Waals surface area (Å²) in [5, 5.41) is 11.6. The van der Waals surface area contributed by atoms with Gasteiger partial charge in [0.15, 0.2) is 0 Å². The molecule has 4 fully saturated rings. The van der Waals surface area contributed by atoms with Crippen LogP contribution in [0.1, 0.15) is 92.7 Å². The Morgan fingerprint density at radius 3 is 2.33 bits per heavy atom. The molecule has 4 aliphatic carbocycles. The summed E-state index contributed by atoms with van der Waals surface area (Å²) in [6.07, 6.45) is 15.2. The Kier molecular flexibility index (Phi) is 11.4. The van der Waals surface area contributed by atoms with Crippen molar-refractivity contribution in [3.8, 4) is 0 Å². The summed E-state index contributed by atoms with van der Waals surface area (Å²) in [7, 11) is 0. The third-order valence-corrected chi connectivity index (χ3v) is 12.9. The Balaban J connectivity index is 1.14. The molecular weight excluding hydrogens is 699 g/mol. The minimum Gasteiger partial charge on any atom is -0.346 e. The maximum atomic E-state index is 15.0. The van der Waals surface area contributed by atoms with Crippen molar-refractivity contribution in [2.75, 3.05) is 13.1 Å². The Hall–Kier alpha value is -4.94. The zero-order valence-electron chi connectivity index (χ0n) is 31.6. The van der Waals surface area contributed by atoms with E-state index in [9.17, 15) is 28.8 Å². The van der Waals surface area contributed by atoms with Crippen molar-refractivity contribution in [1.82, 2.24) is 36.1 Å². The monoisotopic (exact) mass is 751 g/mol. The van der Waals surface area contributed by atoms with Crippen LogP contribution in [0.5, 0.6) is 0 Å². The number of benzene rings is 1. The van der Waals surface area contributed by atoms with Gasteiger partial charge in [-0.15, -0.1) is 6.58 Å². The molecule has 13 nitrogen and oxygen atoms in total. The van der Waals surface area contributed by atoms with E-state index in [2.05, 4.69) is 37.8 Å². The van der Waals surface area contributed by atoms with Crippen LogP contribution >= 0.6 is 0 Å². The summed E-state index contributed by atoms with van der Waals surface area (Å²) in [6.45, 7) is 6.10. The minimum absolute atomic E-state index is 0.0738. The third kappa shape index (κ3) is 8.35. The van der Waals surface area contributed by atoms with Gasteiger partial charge in [-0.1, -0.05) is 75.8 Å². The second kappa shape index (κ2) is 16.4. The molecule has 0 radical (unpaired) electrons. The number of likely N-dealkylation sites (tertiary alicyclic amines) is 1. The number of Topliss-reactive ketones (excluding diaryl/α,β-unsaturated/α-hetero) is 1. The van der Waals surface area contributed by atoms with Crippen LogP contribution < -0.4 is 21.3 Å². The van der Waals surface area contributed by atoms with Crippen LogP contribution in [0.3, 0.4) is 0 Å². The SMILES string of the molecule is C=CCNC(=O)C(=O)C(CC1CCC1)NC(=O)[C@@H]1[C@H]2C[C@H]2CN1C(=O)[C@@H](NC(=O)[C@@H](NC(=O)c1cnccn1)C1(C)CCCCC1)C1Cc2ccccc2C1. The number of aromatic nitrogens is 2. The zero-order valence-corrected chi connectivity index (χ0v) is 31.6. The molecule has 1 unspecified atom stereocenters. The van der Waals surface area contributed by atoms with E-state index in [0.29, 0.717) is 25.8 Å². The van der Waals surface area contributed by atoms with Crippen molar-refractivity contribution in [3.63, 3.8) is 0 Å². The van der Waals surface area contributed by atoms with Crippen molar-refractivity contribution in [3.05, 3.63) is 72.3 Å². The fourth-order valence-electron chi connectivity index (χ4n) is 9.44. The molecule has 1 aliphatic heterocycles. The number of hydrogen-bond donors (Lipinski definition) is 4. The van der Waals surface area contributed by atoms with Gasteiger partial charge in [-0.25, -0.2) is 4.98 Å². The first-order valence-electron chi connectivity index (χ1n) is 20.0. The van der Waals surface area contributed by atoms with Crippen molar-refractivity contribution in [2.24, 2.45) is 29.1 Å². The zero-order chi connectivity index (χ0) is 38.7. The van der Waals surface area contributed by atoms with Crippen LogP contribution in [0.25, 0.3) is 0 Å². The number of carbonyl (C=O) groups is 6. The van der Waals surface area contributed by atoms with Gasteiger partial charge in [0.05, 0.1) is 12.2 Å². The largest absolute Gasteiger partial charge is 0.346 e. The molecule has 0 spiro atoms. The topological polar surface area (TPSA) is 180 Å². The summed E-state index contributed by atoms with van der Waals surface area (Å²) in [4.78, 5) is 93.3. The molecule has 2 aromatic rings. The van der Waals surface area contributed by atoms with Gasteiger partial charge in [0, 0.05) is 25.5 Å². The van der Waals surface area contributed by atoms with Crippen LogP contribution in [0.2, 0.25) is 0 Å². The third-order valence-electron chi connectivity index (χ3n) is 12.9. The van der Waals surface area contributed by atoms with E-state index in [0.717, 1.165) is 68.9 Å². The average Bonchev–Trinajstić information content (AvgIpc) is 3.62. The number of ketones is 1. The fourth-order valence-corrected chi connectivity index (χ4v) is 9.44. The number of fused-ring (bicyclic) bond motifs is 2. The van der Waals surface area contributed by atoms with Crippen LogP contribution in [0, 0.1) is 29.1 Å². The highest BCUT2D eigenvalue weighted by molar-refractivity contribution is 6.38. The summed E-state index contributed by atoms with van der Waals surface area (Å²) in [5.41, 5.74) is 1.74. The molecule has 292 valence electrons. The second-order valence-corrected chi connectivity index (χ2v) is 16.7. The maximum absolute atomic E-state index is 15.0. The lowest BCUT2D eigenvalue weighted by atomic mass is 9.70. The molecule has 3 saturated carbocycles. The molecule has 5 amide bonds. The number of nitrogens with zero attached hydrogens (tertiary/aromatic N) is 3. The molecule has 6 atom stereocenters. The standard InChI is InChI=1S/C42H53N7O6/c1-3-16-45-39(53)35(50)31(19-25-10-9-11-25)46-38(52)34-30-22-29(30)24-49(34)41(55)33(28-20-26-12-5-6-13-27(26)21-28)47-40(54)36(42(2)14-7-4-8-15-42)48-37(51)32-23-43-17-18-44-32/h3,5-6,12-13,17-18,23,25,28-31,33-34,36H,1,4,7-11,14-16,19-22,24H2,2H3,(H,45,53)(H,46,52)(H,47,54)(H,48,51)/t29-,30-,31?,33-,34-,36+/m0/s1. The number of rotatable bonds is 15. The first-order chi connectivity index (χ1) is 26.6. The molecule has 2 heterocycles. The lowest BCUT2D eigenvalue weighted by Gasteiger charge is -2.41. The smallest absolute Gasteiger partial charge is 0.289 e. The first kappa shape index (κ1) is 38.3. The molecule has 0 bridgehead atoms. The van der Waals surface area contributed by atoms with Gasteiger partial charge in [-0.05, 0) is 78.7 Å². The van der Waals surface area contributed by atoms with E-state index >= 15 is 0 Å². The summed E-state index contributed by atoms with van der Waals surface area (Å²) in [6, 6.07) is 4.24. The van der Waals surface area contributed by atoms with Gasteiger partial charge < -0.3 is 26.2 Å². The number of amides is 5. The predicted molar refractivity (Wildman–Crippen MR) is 203 cm³/mol. The fraction of sp³-hybridized carbons (Fsp3) is 0.571. The number of carbonyl (C=O) groups excluding carboxylic acids is 6. The van der Waals surface area contributed by atoms with Crippen molar-refractivity contribution >= 4 is 35.3 Å². The molecule has 1 saturated heterocycles. The van der Waals surface area contributed by atoms with Crippen LogP contribution in [-0.2, 0) is 36.8 Å². The van der Waals surface area contributed by atoms with E-state index < -0.39 is 59.0 Å². The lowest BCUT2D eigenvalue weighted by molar-refractivity contribution is -0.145. The van der Waals surface area contributed by atoms with Gasteiger partial charge in [0.1, 0.15) is 23.8 Å². The maximum Gasteiger partial charge on any atom is 0.289 e. The van der Waals surface area contributed by atoms with Crippen molar-refractivity contribution in [2.45, 2.75) is 108 Å². The molecule has 5 aliphatic rings. The highest BCUT2D eigenvalue weighted by atomic mass is 16.2. The average molecular weight is 752 g/mol. The summed E-state index contributed by atoms with van der Waals surface area (Å²) >= 11 is 0. The van der Waals surface area contributed by atoms with Gasteiger partial charge in [-0.2, -0.15) is 0 Å². The van der Waals surface area contributed by atoms with Crippen molar-refractivity contribution in [1.29, 1.82) is 0 Å². The number of piperidine rings is 1. The van der Waals surface area contributed by atoms with E-state index in [1.54, 1.807) is 4.90 Å². The molecule has 1 aromatic heterocycles. The first-order valence-corrected chi connectivity index (χ1v) is 20.0. The summed E-state index contributed by atoms with van der Waals surface area (Å²) < 4.78 is 0. The number of hydrogen-bond acceptors (Lipinski definition) is 8. The highest BCUT2D eigenvalue weighted by Crippen LogP contribution is 2.50. The van der Waals surface area contributed by atoms with Gasteiger partial charge in [-0.3, -0.25) is 33.8 Å². The number of nitrogens with one attached hydrogen (secondary N) is 4. The highest BCUT2D eigenvalue weighted by Gasteiger charge is 2.58. The van der Waals surface area contributed by atoms with E-state index in [-0.39, 0.29) is 41.8 Å². The molecule has 4 N–H and O–H groups in total. The Labute approximate surface area is 322 Å². The van der Waals surface area contributed by atoms with Crippen LogP contribution in [-0.4, -0.2) is 87.4 Å². The van der Waals surface area contributed by atoms with Crippen LogP contribution in [0.15, 0.2) is 55.5 Å². The molecule has 7 rings (SSSR count). The van der Waals surface area contributed by atoms with Gasteiger partial charge in [0.2, 0.25) is 23.5 Å². The molecule has 13 heteroatoms.